The summed E-state index contributed by atoms with van der Waals surface area (Å²) >= 11 is 1.69. The molecule has 4 nitrogen and oxygen atoms in total. The fraction of sp³-hybridized carbons (Fsp3) is 0.250. The molecule has 0 unspecified atom stereocenters. The number of ether oxygens (including phenoxy) is 3. The zero-order chi connectivity index (χ0) is 36.0. The van der Waals surface area contributed by atoms with Crippen molar-refractivity contribution in [1.29, 1.82) is 0 Å². The van der Waals surface area contributed by atoms with Crippen LogP contribution < -0.4 is 14.2 Å². The van der Waals surface area contributed by atoms with E-state index in [1.807, 2.05) is 30.3 Å². The predicted octanol–water partition coefficient (Wildman–Crippen LogP) is 11.9. The van der Waals surface area contributed by atoms with Crippen molar-refractivity contribution in [3.63, 3.8) is 0 Å². The molecule has 0 bridgehead atoms. The highest BCUT2D eigenvalue weighted by molar-refractivity contribution is 7.99. The van der Waals surface area contributed by atoms with Crippen LogP contribution in [0.25, 0.3) is 28.0 Å². The zero-order valence-electron chi connectivity index (χ0n) is 30.4. The van der Waals surface area contributed by atoms with E-state index in [1.54, 1.807) is 26.0 Å². The van der Waals surface area contributed by atoms with Crippen LogP contribution in [0.15, 0.2) is 131 Å². The van der Waals surface area contributed by atoms with Gasteiger partial charge in [0.15, 0.2) is 5.60 Å². The molecule has 0 aromatic heterocycles. The minimum absolute atomic E-state index is 0.0495. The molecule has 1 N–H and O–H groups in total. The summed E-state index contributed by atoms with van der Waals surface area (Å²) in [5.74, 6) is 2.48. The van der Waals surface area contributed by atoms with Gasteiger partial charge in [0.2, 0.25) is 0 Å². The first-order valence-electron chi connectivity index (χ1n) is 18.9. The third-order valence-corrected chi connectivity index (χ3v) is 12.9. The molecule has 1 spiro atoms. The Morgan fingerprint density at radius 2 is 1.32 bits per heavy atom. The molecule has 3 aliphatic rings. The van der Waals surface area contributed by atoms with Gasteiger partial charge >= 0.3 is 0 Å². The van der Waals surface area contributed by atoms with Gasteiger partial charge in [0.1, 0.15) is 17.2 Å². The van der Waals surface area contributed by atoms with Crippen LogP contribution in [0.5, 0.6) is 17.2 Å². The Morgan fingerprint density at radius 3 is 1.96 bits per heavy atom. The van der Waals surface area contributed by atoms with Crippen molar-refractivity contribution >= 4 is 28.6 Å². The molecule has 53 heavy (non-hydrogen) atoms. The molecule has 9 rings (SSSR count). The van der Waals surface area contributed by atoms with Gasteiger partial charge < -0.3 is 19.3 Å². The van der Waals surface area contributed by atoms with Gasteiger partial charge in [0.25, 0.3) is 0 Å². The summed E-state index contributed by atoms with van der Waals surface area (Å²) in [6.45, 7) is -0.0495. The first kappa shape index (κ1) is 33.8. The van der Waals surface area contributed by atoms with E-state index in [0.29, 0.717) is 0 Å². The molecule has 6 aromatic rings. The van der Waals surface area contributed by atoms with Crippen molar-refractivity contribution in [3.05, 3.63) is 155 Å². The van der Waals surface area contributed by atoms with Crippen molar-refractivity contribution < 1.29 is 19.3 Å². The molecule has 1 aliphatic heterocycles. The molecule has 1 fully saturated rings. The zero-order valence-corrected chi connectivity index (χ0v) is 31.2. The largest absolute Gasteiger partial charge is 0.497 e. The van der Waals surface area contributed by atoms with Crippen LogP contribution >= 0.6 is 11.8 Å². The van der Waals surface area contributed by atoms with E-state index in [-0.39, 0.29) is 12.0 Å². The average Bonchev–Trinajstić information content (AvgIpc) is 3.50. The second-order valence-corrected chi connectivity index (χ2v) is 15.7. The van der Waals surface area contributed by atoms with Gasteiger partial charge in [-0.25, -0.2) is 0 Å². The summed E-state index contributed by atoms with van der Waals surface area (Å²) in [6, 6.07) is 40.5. The van der Waals surface area contributed by atoms with Crippen molar-refractivity contribution in [1.82, 2.24) is 0 Å². The van der Waals surface area contributed by atoms with Gasteiger partial charge in [-0.1, -0.05) is 117 Å². The smallest absolute Gasteiger partial charge is 0.178 e. The Labute approximate surface area is 316 Å². The monoisotopic (exact) mass is 716 g/mol. The summed E-state index contributed by atoms with van der Waals surface area (Å²) in [5, 5.41) is 13.1. The van der Waals surface area contributed by atoms with Crippen LogP contribution in [0, 0.1) is 0 Å². The number of aliphatic hydroxyl groups excluding tert-OH is 1. The molecule has 0 radical (unpaired) electrons. The minimum atomic E-state index is -0.922. The molecule has 0 saturated heterocycles. The van der Waals surface area contributed by atoms with Crippen molar-refractivity contribution in [3.8, 4) is 28.4 Å². The second-order valence-electron chi connectivity index (χ2n) is 14.6. The number of fused-ring (bicyclic) bond motifs is 10. The van der Waals surface area contributed by atoms with Gasteiger partial charge in [0.05, 0.1) is 20.8 Å². The predicted molar refractivity (Wildman–Crippen MR) is 215 cm³/mol. The topological polar surface area (TPSA) is 47.9 Å². The van der Waals surface area contributed by atoms with E-state index in [2.05, 4.69) is 97.1 Å². The van der Waals surface area contributed by atoms with Crippen LogP contribution in [-0.2, 0) is 17.6 Å². The van der Waals surface area contributed by atoms with Gasteiger partial charge in [-0.3, -0.25) is 0 Å². The first-order chi connectivity index (χ1) is 26.1. The van der Waals surface area contributed by atoms with Crippen LogP contribution in [-0.4, -0.2) is 19.3 Å². The highest BCUT2D eigenvalue weighted by Gasteiger charge is 2.48. The fourth-order valence-electron chi connectivity index (χ4n) is 9.26. The Hall–Kier alpha value is -4.97. The SMILES string of the molecule is COc1ccc(C2(c3ccc(OC)cc3)C=Cc3c4c(c5cc(CO)c(Sc6ccccc6)cc5c3O2)-c2ccccc2C42CCCCCCC2)cc1. The van der Waals surface area contributed by atoms with Crippen molar-refractivity contribution in [2.45, 2.75) is 72.4 Å². The van der Waals surface area contributed by atoms with E-state index < -0.39 is 5.60 Å². The van der Waals surface area contributed by atoms with Gasteiger partial charge in [-0.2, -0.15) is 0 Å². The van der Waals surface area contributed by atoms with E-state index in [0.717, 1.165) is 67.3 Å². The summed E-state index contributed by atoms with van der Waals surface area (Å²) in [6.07, 6.45) is 13.1. The lowest BCUT2D eigenvalue weighted by molar-refractivity contribution is 0.163. The number of hydrogen-bond donors (Lipinski definition) is 1. The Morgan fingerprint density at radius 1 is 0.698 bits per heavy atom. The van der Waals surface area contributed by atoms with E-state index in [4.69, 9.17) is 14.2 Å². The minimum Gasteiger partial charge on any atom is -0.497 e. The lowest BCUT2D eigenvalue weighted by atomic mass is 9.67. The van der Waals surface area contributed by atoms with Crippen LogP contribution in [0.3, 0.4) is 0 Å². The number of hydrogen-bond acceptors (Lipinski definition) is 5. The summed E-state index contributed by atoms with van der Waals surface area (Å²) < 4.78 is 18.9. The molecule has 2 aliphatic carbocycles. The van der Waals surface area contributed by atoms with Crippen molar-refractivity contribution in [2.24, 2.45) is 0 Å². The van der Waals surface area contributed by atoms with E-state index >= 15 is 0 Å². The van der Waals surface area contributed by atoms with E-state index in [9.17, 15) is 5.11 Å². The maximum atomic E-state index is 10.9. The highest BCUT2D eigenvalue weighted by atomic mass is 32.2. The normalized spacial score (nSPS) is 16.6. The standard InChI is InChI=1S/C48H44O4S/c1-50-35-21-17-33(18-22-35)48(34-19-23-36(51-2)24-20-34)28-25-39-45-44(38-15-9-10-16-42(38)47(45)26-11-4-3-5-12-27-47)40-29-32(31-49)43(30-41(40)46(39)52-48)53-37-13-7-6-8-14-37/h6-10,13-25,28-30,49H,3-5,11-12,26-27,31H2,1-2H3. The van der Waals surface area contributed by atoms with Gasteiger partial charge in [0, 0.05) is 37.3 Å². The number of aliphatic hydroxyl groups is 1. The number of rotatable bonds is 7. The Balaban J connectivity index is 1.36. The maximum Gasteiger partial charge on any atom is 0.178 e. The van der Waals surface area contributed by atoms with Gasteiger partial charge in [-0.05, 0) is 101 Å². The molecule has 0 atom stereocenters. The average molecular weight is 717 g/mol. The second kappa shape index (κ2) is 13.8. The molecule has 6 aromatic carbocycles. The van der Waals surface area contributed by atoms with Gasteiger partial charge in [-0.15, -0.1) is 0 Å². The van der Waals surface area contributed by atoms with Crippen molar-refractivity contribution in [2.75, 3.05) is 14.2 Å². The van der Waals surface area contributed by atoms with Crippen LogP contribution in [0.1, 0.15) is 78.3 Å². The van der Waals surface area contributed by atoms with Crippen LogP contribution in [0.4, 0.5) is 0 Å². The number of methoxy groups -OCH3 is 2. The first-order valence-corrected chi connectivity index (χ1v) is 19.7. The molecular weight excluding hydrogens is 673 g/mol. The summed E-state index contributed by atoms with van der Waals surface area (Å²) in [7, 11) is 3.40. The third-order valence-electron chi connectivity index (χ3n) is 11.8. The van der Waals surface area contributed by atoms with Crippen LogP contribution in [0.2, 0.25) is 0 Å². The van der Waals surface area contributed by atoms with E-state index in [1.165, 1.54) is 59.9 Å². The molecule has 266 valence electrons. The quantitative estimate of drug-likeness (QED) is 0.178. The highest BCUT2D eigenvalue weighted by Crippen LogP contribution is 2.62. The maximum absolute atomic E-state index is 10.9. The fourth-order valence-corrected chi connectivity index (χ4v) is 10.2. The molecule has 0 amide bonds. The Bertz CT molecular complexity index is 2270. The molecule has 5 heteroatoms. The Kier molecular flexibility index (Phi) is 8.80. The summed E-state index contributed by atoms with van der Waals surface area (Å²) in [5.41, 5.74) is 8.53. The molecule has 1 heterocycles. The molecular formula is C48H44O4S. The summed E-state index contributed by atoms with van der Waals surface area (Å²) in [4.78, 5) is 2.15. The number of benzene rings is 6. The lowest BCUT2D eigenvalue weighted by Gasteiger charge is -2.40. The molecule has 1 saturated carbocycles. The third kappa shape index (κ3) is 5.55. The lowest BCUT2D eigenvalue weighted by Crippen LogP contribution is -2.35.